The Balaban J connectivity index is 1.73. The second-order valence-electron chi connectivity index (χ2n) is 11.1. The molecule has 0 aliphatic rings. The van der Waals surface area contributed by atoms with Crippen LogP contribution in [0.15, 0.2) is 47.5 Å². The van der Waals surface area contributed by atoms with Gasteiger partial charge in [-0.3, -0.25) is 5.32 Å². The van der Waals surface area contributed by atoms with Gasteiger partial charge in [-0.25, -0.2) is 19.5 Å². The summed E-state index contributed by atoms with van der Waals surface area (Å²) in [6.07, 6.45) is 1.20. The molecule has 0 aliphatic carbocycles. The Morgan fingerprint density at radius 1 is 1.07 bits per heavy atom. The molecule has 0 spiro atoms. The van der Waals surface area contributed by atoms with Crippen molar-refractivity contribution >= 4 is 40.9 Å². The van der Waals surface area contributed by atoms with Crippen LogP contribution in [0.3, 0.4) is 0 Å². The number of hydrogen-bond acceptors (Lipinski definition) is 8. The normalized spacial score (nSPS) is 11.6. The standard InChI is InChI=1S/C30H38N8O3/c1-19-16-22(32-29(39)41-30(3,4)5)12-15-24(19)38-26-25(20(2)35-38)33-28(34-27(26)31-18-36(6)7)37(8)17-21-10-13-23(40-9)14-11-21/h10-16,18H,17H2,1-9H3,(H,32,39). The number of rotatable bonds is 8. The molecule has 2 heterocycles. The lowest BCUT2D eigenvalue weighted by atomic mass is 10.1. The van der Waals surface area contributed by atoms with Crippen molar-refractivity contribution in [3.8, 4) is 11.4 Å². The number of methoxy groups -OCH3 is 1. The highest BCUT2D eigenvalue weighted by molar-refractivity contribution is 5.90. The summed E-state index contributed by atoms with van der Waals surface area (Å²) in [5.74, 6) is 1.84. The van der Waals surface area contributed by atoms with Crippen molar-refractivity contribution in [1.82, 2.24) is 24.6 Å². The first-order chi connectivity index (χ1) is 19.3. The lowest BCUT2D eigenvalue weighted by molar-refractivity contribution is 0.0636. The second-order valence-corrected chi connectivity index (χ2v) is 11.1. The molecule has 0 bridgehead atoms. The molecular formula is C30H38N8O3. The van der Waals surface area contributed by atoms with E-state index in [9.17, 15) is 4.79 Å². The van der Waals surface area contributed by atoms with E-state index in [2.05, 4.69) is 5.32 Å². The molecule has 0 saturated heterocycles. The summed E-state index contributed by atoms with van der Waals surface area (Å²) >= 11 is 0. The number of benzene rings is 2. The lowest BCUT2D eigenvalue weighted by Gasteiger charge is -2.20. The monoisotopic (exact) mass is 558 g/mol. The number of hydrogen-bond donors (Lipinski definition) is 1. The third kappa shape index (κ3) is 7.10. The number of anilines is 2. The highest BCUT2D eigenvalue weighted by Gasteiger charge is 2.21. The molecule has 4 aromatic rings. The van der Waals surface area contributed by atoms with E-state index >= 15 is 0 Å². The van der Waals surface area contributed by atoms with Gasteiger partial charge in [0.25, 0.3) is 0 Å². The van der Waals surface area contributed by atoms with Gasteiger partial charge in [-0.15, -0.1) is 0 Å². The minimum atomic E-state index is -0.588. The third-order valence-electron chi connectivity index (χ3n) is 6.06. The number of nitrogens with one attached hydrogen (secondary N) is 1. The molecule has 4 rings (SSSR count). The SMILES string of the molecule is COc1ccc(CN(C)c2nc(N=CN(C)C)c3c(n2)c(C)nn3-c2ccc(NC(=O)OC(C)(C)C)cc2C)cc1. The van der Waals surface area contributed by atoms with Crippen LogP contribution in [0.1, 0.15) is 37.6 Å². The average Bonchev–Trinajstić information content (AvgIpc) is 3.22. The molecule has 0 radical (unpaired) electrons. The maximum absolute atomic E-state index is 12.3. The highest BCUT2D eigenvalue weighted by atomic mass is 16.6. The van der Waals surface area contributed by atoms with Crippen molar-refractivity contribution in [3.63, 3.8) is 0 Å². The number of aryl methyl sites for hydroxylation is 2. The zero-order valence-electron chi connectivity index (χ0n) is 25.2. The first-order valence-electron chi connectivity index (χ1n) is 13.3. The van der Waals surface area contributed by atoms with Crippen molar-refractivity contribution in [3.05, 3.63) is 59.3 Å². The molecule has 0 unspecified atom stereocenters. The van der Waals surface area contributed by atoms with Crippen molar-refractivity contribution in [2.24, 2.45) is 4.99 Å². The smallest absolute Gasteiger partial charge is 0.412 e. The Bertz CT molecular complexity index is 1570. The van der Waals surface area contributed by atoms with Gasteiger partial charge in [-0.05, 0) is 76.1 Å². The Kier molecular flexibility index (Phi) is 8.46. The molecule has 0 atom stereocenters. The number of ether oxygens (including phenoxy) is 2. The van der Waals surface area contributed by atoms with Crippen LogP contribution < -0.4 is 15.0 Å². The maximum Gasteiger partial charge on any atom is 0.412 e. The van der Waals surface area contributed by atoms with Crippen LogP contribution in [0.2, 0.25) is 0 Å². The average molecular weight is 559 g/mol. The molecule has 2 aromatic carbocycles. The molecule has 216 valence electrons. The fourth-order valence-corrected chi connectivity index (χ4v) is 4.20. The topological polar surface area (TPSA) is 110 Å². The molecule has 41 heavy (non-hydrogen) atoms. The fourth-order valence-electron chi connectivity index (χ4n) is 4.20. The largest absolute Gasteiger partial charge is 0.497 e. The Hall–Kier alpha value is -4.67. The van der Waals surface area contributed by atoms with Crippen LogP contribution >= 0.6 is 0 Å². The van der Waals surface area contributed by atoms with Crippen LogP contribution in [0.4, 0.5) is 22.2 Å². The Morgan fingerprint density at radius 3 is 2.39 bits per heavy atom. The van der Waals surface area contributed by atoms with E-state index in [1.165, 1.54) is 0 Å². The molecule has 1 N–H and O–H groups in total. The van der Waals surface area contributed by atoms with Gasteiger partial charge >= 0.3 is 6.09 Å². The van der Waals surface area contributed by atoms with Crippen LogP contribution in [0.25, 0.3) is 16.7 Å². The summed E-state index contributed by atoms with van der Waals surface area (Å²) in [6.45, 7) is 9.96. The Morgan fingerprint density at radius 2 is 1.78 bits per heavy atom. The van der Waals surface area contributed by atoms with E-state index in [4.69, 9.17) is 29.5 Å². The molecular weight excluding hydrogens is 520 g/mol. The number of amides is 1. The molecule has 11 heteroatoms. The van der Waals surface area contributed by atoms with E-state index in [-0.39, 0.29) is 0 Å². The predicted molar refractivity (Wildman–Crippen MR) is 163 cm³/mol. The molecule has 0 aliphatic heterocycles. The van der Waals surface area contributed by atoms with Gasteiger partial charge in [-0.1, -0.05) is 12.1 Å². The van der Waals surface area contributed by atoms with Gasteiger partial charge in [0.15, 0.2) is 5.82 Å². The molecule has 2 aromatic heterocycles. The zero-order chi connectivity index (χ0) is 29.9. The zero-order valence-corrected chi connectivity index (χ0v) is 25.2. The number of aliphatic imine (C=N–C) groups is 1. The second kappa shape index (κ2) is 11.8. The predicted octanol–water partition coefficient (Wildman–Crippen LogP) is 5.65. The molecule has 1 amide bonds. The van der Waals surface area contributed by atoms with Gasteiger partial charge in [0.05, 0.1) is 24.8 Å². The van der Waals surface area contributed by atoms with Crippen LogP contribution in [-0.4, -0.2) is 70.9 Å². The summed E-state index contributed by atoms with van der Waals surface area (Å²) < 4.78 is 12.5. The fraction of sp³-hybridized carbons (Fsp3) is 0.367. The van der Waals surface area contributed by atoms with E-state index in [1.807, 2.05) is 113 Å². The minimum absolute atomic E-state index is 0.497. The van der Waals surface area contributed by atoms with Crippen molar-refractivity contribution in [1.29, 1.82) is 0 Å². The van der Waals surface area contributed by atoms with Crippen LogP contribution in [0, 0.1) is 13.8 Å². The highest BCUT2D eigenvalue weighted by Crippen LogP contribution is 2.32. The van der Waals surface area contributed by atoms with Gasteiger partial charge in [0.1, 0.15) is 22.4 Å². The first-order valence-corrected chi connectivity index (χ1v) is 13.3. The van der Waals surface area contributed by atoms with Gasteiger partial charge < -0.3 is 19.3 Å². The van der Waals surface area contributed by atoms with E-state index in [0.717, 1.165) is 28.3 Å². The Labute approximate surface area is 240 Å². The summed E-state index contributed by atoms with van der Waals surface area (Å²) in [5, 5.41) is 7.63. The molecule has 11 nitrogen and oxygen atoms in total. The number of nitrogens with zero attached hydrogens (tertiary/aromatic N) is 7. The number of carbonyl (C=O) groups excluding carboxylic acids is 1. The van der Waals surface area contributed by atoms with Crippen molar-refractivity contribution in [2.75, 3.05) is 38.5 Å². The van der Waals surface area contributed by atoms with Crippen molar-refractivity contribution in [2.45, 2.75) is 46.8 Å². The van der Waals surface area contributed by atoms with Gasteiger partial charge in [0, 0.05) is 33.4 Å². The quantitative estimate of drug-likeness (QED) is 0.218. The maximum atomic E-state index is 12.3. The molecule has 0 saturated carbocycles. The number of fused-ring (bicyclic) bond motifs is 1. The van der Waals surface area contributed by atoms with Gasteiger partial charge in [-0.2, -0.15) is 10.1 Å². The first kappa shape index (κ1) is 29.3. The number of carbonyl (C=O) groups is 1. The van der Waals surface area contributed by atoms with Gasteiger partial charge in [0.2, 0.25) is 5.95 Å². The summed E-state index contributed by atoms with van der Waals surface area (Å²) in [6, 6.07) is 13.5. The summed E-state index contributed by atoms with van der Waals surface area (Å²) in [5.41, 5.74) is 4.99. The summed E-state index contributed by atoms with van der Waals surface area (Å²) in [4.78, 5) is 30.6. The van der Waals surface area contributed by atoms with Crippen molar-refractivity contribution < 1.29 is 14.3 Å². The minimum Gasteiger partial charge on any atom is -0.497 e. The molecule has 0 fully saturated rings. The van der Waals surface area contributed by atoms with Crippen LogP contribution in [-0.2, 0) is 11.3 Å². The van der Waals surface area contributed by atoms with E-state index in [0.29, 0.717) is 35.0 Å². The van der Waals surface area contributed by atoms with E-state index < -0.39 is 11.7 Å². The lowest BCUT2D eigenvalue weighted by Crippen LogP contribution is -2.27. The summed E-state index contributed by atoms with van der Waals surface area (Å²) in [7, 11) is 7.41. The number of aromatic nitrogens is 4. The third-order valence-corrected chi connectivity index (χ3v) is 6.06. The van der Waals surface area contributed by atoms with E-state index in [1.54, 1.807) is 13.4 Å². The van der Waals surface area contributed by atoms with Crippen LogP contribution in [0.5, 0.6) is 5.75 Å².